The fraction of sp³-hybridized carbons (Fsp3) is 0.233. The summed E-state index contributed by atoms with van der Waals surface area (Å²) in [5, 5.41) is 6.52. The number of carbonyl (C=O) groups is 1. The number of carbonyl (C=O) groups excluding carboxylic acids is 1. The summed E-state index contributed by atoms with van der Waals surface area (Å²) in [6.07, 6.45) is 4.99. The van der Waals surface area contributed by atoms with E-state index in [0.717, 1.165) is 42.1 Å². The highest BCUT2D eigenvalue weighted by Crippen LogP contribution is 2.21. The van der Waals surface area contributed by atoms with Crippen molar-refractivity contribution in [3.63, 3.8) is 0 Å². The molecular formula is C30H31N3O2. The maximum absolute atomic E-state index is 13.0. The highest BCUT2D eigenvalue weighted by Gasteiger charge is 2.18. The van der Waals surface area contributed by atoms with Gasteiger partial charge in [-0.25, -0.2) is 4.79 Å². The molecule has 0 unspecified atom stereocenters. The number of nitrogens with one attached hydrogen (secondary N) is 2. The Bertz CT molecular complexity index is 1180. The van der Waals surface area contributed by atoms with E-state index in [9.17, 15) is 4.79 Å². The van der Waals surface area contributed by atoms with Crippen molar-refractivity contribution in [1.82, 2.24) is 10.2 Å². The van der Waals surface area contributed by atoms with Gasteiger partial charge in [0.2, 0.25) is 0 Å². The van der Waals surface area contributed by atoms with Gasteiger partial charge >= 0.3 is 6.03 Å². The van der Waals surface area contributed by atoms with Gasteiger partial charge in [-0.2, -0.15) is 0 Å². The zero-order valence-electron chi connectivity index (χ0n) is 20.0. The number of methoxy groups -OCH3 is 1. The zero-order chi connectivity index (χ0) is 24.3. The lowest BCUT2D eigenvalue weighted by Crippen LogP contribution is -2.38. The van der Waals surface area contributed by atoms with E-state index in [0.29, 0.717) is 19.0 Å². The summed E-state index contributed by atoms with van der Waals surface area (Å²) < 4.78 is 5.20. The van der Waals surface area contributed by atoms with Crippen LogP contribution in [0.2, 0.25) is 0 Å². The molecule has 0 spiro atoms. The van der Waals surface area contributed by atoms with E-state index in [1.165, 1.54) is 5.56 Å². The van der Waals surface area contributed by atoms with Gasteiger partial charge in [0.25, 0.3) is 0 Å². The molecule has 0 saturated heterocycles. The van der Waals surface area contributed by atoms with Crippen molar-refractivity contribution in [3.8, 4) is 17.6 Å². The van der Waals surface area contributed by atoms with Crippen LogP contribution < -0.4 is 15.4 Å². The maximum atomic E-state index is 13.0. The molecule has 35 heavy (non-hydrogen) atoms. The normalized spacial score (nSPS) is 16.9. The molecule has 0 fully saturated rings. The van der Waals surface area contributed by atoms with Crippen molar-refractivity contribution in [1.29, 1.82) is 0 Å². The Labute approximate surface area is 207 Å². The number of benzene rings is 3. The van der Waals surface area contributed by atoms with Crippen molar-refractivity contribution in [2.45, 2.75) is 12.3 Å². The van der Waals surface area contributed by atoms with Crippen LogP contribution in [0.15, 0.2) is 91.0 Å². The zero-order valence-corrected chi connectivity index (χ0v) is 20.0. The Hall–Kier alpha value is -4.01. The van der Waals surface area contributed by atoms with Crippen LogP contribution in [-0.2, 0) is 0 Å². The minimum Gasteiger partial charge on any atom is -0.497 e. The molecule has 2 amide bonds. The first kappa shape index (κ1) is 24.1. The summed E-state index contributed by atoms with van der Waals surface area (Å²) in [7, 11) is 1.63. The second kappa shape index (κ2) is 12.5. The van der Waals surface area contributed by atoms with Crippen molar-refractivity contribution in [3.05, 3.63) is 108 Å². The molecule has 1 aliphatic heterocycles. The molecule has 178 valence electrons. The lowest BCUT2D eigenvalue weighted by Gasteiger charge is -2.26. The molecule has 4 rings (SSSR count). The van der Waals surface area contributed by atoms with Gasteiger partial charge < -0.3 is 20.3 Å². The van der Waals surface area contributed by atoms with E-state index < -0.39 is 0 Å². The minimum absolute atomic E-state index is 0.0985. The summed E-state index contributed by atoms with van der Waals surface area (Å²) in [6.45, 7) is 2.87. The average molecular weight is 466 g/mol. The van der Waals surface area contributed by atoms with Gasteiger partial charge in [-0.05, 0) is 66.4 Å². The molecule has 0 bridgehead atoms. The molecule has 5 nitrogen and oxygen atoms in total. The summed E-state index contributed by atoms with van der Waals surface area (Å²) in [4.78, 5) is 14.8. The van der Waals surface area contributed by atoms with Gasteiger partial charge in [0.1, 0.15) is 5.75 Å². The fourth-order valence-electron chi connectivity index (χ4n) is 3.98. The Morgan fingerprint density at radius 3 is 2.37 bits per heavy atom. The van der Waals surface area contributed by atoms with Crippen LogP contribution in [-0.4, -0.2) is 44.2 Å². The first-order chi connectivity index (χ1) is 17.2. The number of nitrogens with zero attached hydrogens (tertiary/aromatic N) is 1. The number of urea groups is 1. The van der Waals surface area contributed by atoms with Crippen LogP contribution in [0.4, 0.5) is 10.5 Å². The molecule has 1 aliphatic rings. The van der Waals surface area contributed by atoms with Crippen LogP contribution >= 0.6 is 0 Å². The van der Waals surface area contributed by atoms with Crippen LogP contribution in [0.25, 0.3) is 0 Å². The van der Waals surface area contributed by atoms with Crippen molar-refractivity contribution < 1.29 is 9.53 Å². The molecule has 3 aromatic rings. The number of ether oxygens (including phenoxy) is 1. The molecule has 0 aliphatic carbocycles. The predicted octanol–water partition coefficient (Wildman–Crippen LogP) is 5.26. The first-order valence-electron chi connectivity index (χ1n) is 11.9. The number of hydrogen-bond donors (Lipinski definition) is 2. The molecule has 0 aromatic heterocycles. The van der Waals surface area contributed by atoms with E-state index in [1.807, 2.05) is 65.6 Å². The number of hydrogen-bond acceptors (Lipinski definition) is 3. The van der Waals surface area contributed by atoms with Crippen LogP contribution in [0.3, 0.4) is 0 Å². The Balaban J connectivity index is 1.41. The summed E-state index contributed by atoms with van der Waals surface area (Å²) in [5.41, 5.74) is 4.01. The highest BCUT2D eigenvalue weighted by molar-refractivity contribution is 5.89. The van der Waals surface area contributed by atoms with E-state index in [-0.39, 0.29) is 6.03 Å². The summed E-state index contributed by atoms with van der Waals surface area (Å²) >= 11 is 0. The predicted molar refractivity (Wildman–Crippen MR) is 142 cm³/mol. The van der Waals surface area contributed by atoms with Crippen molar-refractivity contribution in [2.75, 3.05) is 38.6 Å². The second-order valence-corrected chi connectivity index (χ2v) is 8.46. The van der Waals surface area contributed by atoms with E-state index in [4.69, 9.17) is 4.74 Å². The van der Waals surface area contributed by atoms with E-state index in [2.05, 4.69) is 52.8 Å². The third kappa shape index (κ3) is 7.23. The highest BCUT2D eigenvalue weighted by atomic mass is 16.5. The van der Waals surface area contributed by atoms with Gasteiger partial charge in [-0.15, -0.1) is 0 Å². The summed E-state index contributed by atoms with van der Waals surface area (Å²) in [5.74, 6) is 7.51. The van der Waals surface area contributed by atoms with Crippen LogP contribution in [0, 0.1) is 11.8 Å². The molecular weight excluding hydrogens is 434 g/mol. The third-order valence-electron chi connectivity index (χ3n) is 6.03. The second-order valence-electron chi connectivity index (χ2n) is 8.46. The largest absolute Gasteiger partial charge is 0.497 e. The maximum Gasteiger partial charge on any atom is 0.322 e. The lowest BCUT2D eigenvalue weighted by molar-refractivity contribution is 0.214. The van der Waals surface area contributed by atoms with Gasteiger partial charge in [-0.3, -0.25) is 0 Å². The van der Waals surface area contributed by atoms with Gasteiger partial charge in [0.15, 0.2) is 0 Å². The van der Waals surface area contributed by atoms with Gasteiger partial charge in [0.05, 0.1) is 7.11 Å². The molecule has 1 atom stereocenters. The van der Waals surface area contributed by atoms with Gasteiger partial charge in [0, 0.05) is 43.0 Å². The standard InChI is InChI=1S/C30H31N3O2/c1-35-29-17-15-28(16-18-29)32-30(34)33-21-6-5-20-31-23-27(19-22-33)26-13-11-25(12-14-26)10-9-24-7-3-2-4-8-24/h2-8,11-18,27,31H,19-23H2,1H3,(H,32,34)/b6-5-/t27-/m1/s1. The molecule has 3 aromatic carbocycles. The topological polar surface area (TPSA) is 53.6 Å². The molecule has 2 N–H and O–H groups in total. The minimum atomic E-state index is -0.0985. The number of anilines is 1. The quantitative estimate of drug-likeness (QED) is 0.410. The molecule has 0 saturated carbocycles. The van der Waals surface area contributed by atoms with Crippen LogP contribution in [0.5, 0.6) is 5.75 Å². The van der Waals surface area contributed by atoms with Crippen LogP contribution in [0.1, 0.15) is 29.0 Å². The third-order valence-corrected chi connectivity index (χ3v) is 6.03. The van der Waals surface area contributed by atoms with Crippen molar-refractivity contribution >= 4 is 11.7 Å². The van der Waals surface area contributed by atoms with E-state index >= 15 is 0 Å². The fourth-order valence-corrected chi connectivity index (χ4v) is 3.98. The smallest absolute Gasteiger partial charge is 0.322 e. The Kier molecular flexibility index (Phi) is 8.58. The average Bonchev–Trinajstić information content (AvgIpc) is 2.91. The SMILES string of the molecule is COc1ccc(NC(=O)N2C/C=C\CNC[C@H](c3ccc(C#Cc4ccccc4)cc3)CC2)cc1. The number of rotatable bonds is 3. The number of amides is 2. The van der Waals surface area contributed by atoms with Crippen molar-refractivity contribution in [2.24, 2.45) is 0 Å². The molecule has 5 heteroatoms. The Morgan fingerprint density at radius 2 is 1.66 bits per heavy atom. The molecule has 1 heterocycles. The monoisotopic (exact) mass is 465 g/mol. The Morgan fingerprint density at radius 1 is 0.943 bits per heavy atom. The lowest BCUT2D eigenvalue weighted by atomic mass is 9.94. The summed E-state index contributed by atoms with van der Waals surface area (Å²) in [6, 6.07) is 25.8. The van der Waals surface area contributed by atoms with Gasteiger partial charge in [-0.1, -0.05) is 54.3 Å². The first-order valence-corrected chi connectivity index (χ1v) is 11.9. The molecule has 0 radical (unpaired) electrons. The van der Waals surface area contributed by atoms with E-state index in [1.54, 1.807) is 7.11 Å².